The summed E-state index contributed by atoms with van der Waals surface area (Å²) in [5.74, 6) is 2.17. The number of amides is 1. The summed E-state index contributed by atoms with van der Waals surface area (Å²) in [4.78, 5) is 24.0. The maximum absolute atomic E-state index is 12.8. The quantitative estimate of drug-likeness (QED) is 0.772. The van der Waals surface area contributed by atoms with Crippen LogP contribution in [0.5, 0.6) is 0 Å². The van der Waals surface area contributed by atoms with Crippen LogP contribution in [-0.2, 0) is 6.42 Å². The van der Waals surface area contributed by atoms with Gasteiger partial charge in [0.05, 0.1) is 11.8 Å². The van der Waals surface area contributed by atoms with Gasteiger partial charge < -0.3 is 4.90 Å². The molecule has 1 atom stereocenters. The van der Waals surface area contributed by atoms with Crippen LogP contribution in [0, 0.1) is 6.92 Å². The minimum absolute atomic E-state index is 0.0463. The maximum atomic E-state index is 12.8. The summed E-state index contributed by atoms with van der Waals surface area (Å²) >= 11 is 0. The van der Waals surface area contributed by atoms with Crippen molar-refractivity contribution in [1.29, 1.82) is 0 Å². The van der Waals surface area contributed by atoms with Crippen molar-refractivity contribution in [1.82, 2.24) is 29.6 Å². The minimum Gasteiger partial charge on any atom is -0.338 e. The van der Waals surface area contributed by atoms with Crippen LogP contribution in [0.2, 0.25) is 0 Å². The molecule has 4 rings (SSSR count). The Balaban J connectivity index is 1.56. The fourth-order valence-electron chi connectivity index (χ4n) is 3.75. The molecule has 0 spiro atoms. The van der Waals surface area contributed by atoms with Gasteiger partial charge in [-0.05, 0) is 31.9 Å². The van der Waals surface area contributed by atoms with Gasteiger partial charge in [0, 0.05) is 49.2 Å². The largest absolute Gasteiger partial charge is 0.338 e. The standard InChI is InChI=1S/C20H24N6O/c1-3-18-21-9-11-26(18)19-8-4-7-17(23-19)15-6-5-10-25(13-15)20(27)16-12-22-24-14(16)2/h4,7-9,11-12,15H,3,5-6,10,13H2,1-2H3,(H,22,24)/t15-/m0/s1. The van der Waals surface area contributed by atoms with E-state index in [1.165, 1.54) is 0 Å². The molecule has 1 aliphatic heterocycles. The summed E-state index contributed by atoms with van der Waals surface area (Å²) in [6.45, 7) is 5.43. The van der Waals surface area contributed by atoms with Crippen molar-refractivity contribution in [3.63, 3.8) is 0 Å². The zero-order valence-corrected chi connectivity index (χ0v) is 15.7. The van der Waals surface area contributed by atoms with Gasteiger partial charge in [0.25, 0.3) is 5.91 Å². The molecule has 0 aromatic carbocycles. The number of aryl methyl sites for hydroxylation is 2. The van der Waals surface area contributed by atoms with Gasteiger partial charge in [-0.1, -0.05) is 13.0 Å². The summed E-state index contributed by atoms with van der Waals surface area (Å²) in [5, 5.41) is 6.82. The summed E-state index contributed by atoms with van der Waals surface area (Å²) < 4.78 is 2.03. The number of pyridine rings is 1. The van der Waals surface area contributed by atoms with Crippen molar-refractivity contribution in [2.24, 2.45) is 0 Å². The first-order chi connectivity index (χ1) is 13.2. The average Bonchev–Trinajstić information content (AvgIpc) is 3.36. The fraction of sp³-hybridized carbons (Fsp3) is 0.400. The van der Waals surface area contributed by atoms with E-state index in [9.17, 15) is 4.79 Å². The van der Waals surface area contributed by atoms with Crippen molar-refractivity contribution < 1.29 is 4.79 Å². The first-order valence-corrected chi connectivity index (χ1v) is 9.46. The van der Waals surface area contributed by atoms with Gasteiger partial charge in [-0.2, -0.15) is 5.10 Å². The number of rotatable bonds is 4. The number of hydrogen-bond acceptors (Lipinski definition) is 4. The Labute approximate surface area is 158 Å². The molecule has 0 saturated carbocycles. The number of aromatic amines is 1. The van der Waals surface area contributed by atoms with E-state index in [0.29, 0.717) is 12.1 Å². The third kappa shape index (κ3) is 3.37. The van der Waals surface area contributed by atoms with E-state index >= 15 is 0 Å². The smallest absolute Gasteiger partial charge is 0.257 e. The van der Waals surface area contributed by atoms with Gasteiger partial charge in [-0.3, -0.25) is 14.5 Å². The van der Waals surface area contributed by atoms with E-state index in [1.54, 1.807) is 12.4 Å². The molecule has 1 fully saturated rings. The molecule has 0 unspecified atom stereocenters. The highest BCUT2D eigenvalue weighted by atomic mass is 16.2. The molecule has 3 aromatic heterocycles. The number of imidazole rings is 1. The predicted octanol–water partition coefficient (Wildman–Crippen LogP) is 2.88. The lowest BCUT2D eigenvalue weighted by Crippen LogP contribution is -2.39. The summed E-state index contributed by atoms with van der Waals surface area (Å²) in [6.07, 6.45) is 8.24. The molecule has 7 nitrogen and oxygen atoms in total. The highest BCUT2D eigenvalue weighted by Gasteiger charge is 2.27. The average molecular weight is 364 g/mol. The van der Waals surface area contributed by atoms with Crippen LogP contribution < -0.4 is 0 Å². The molecular formula is C20H24N6O. The first-order valence-electron chi connectivity index (χ1n) is 9.46. The Kier molecular flexibility index (Phi) is 4.75. The van der Waals surface area contributed by atoms with Gasteiger partial charge >= 0.3 is 0 Å². The lowest BCUT2D eigenvalue weighted by molar-refractivity contribution is 0.0705. The Bertz CT molecular complexity index is 943. The lowest BCUT2D eigenvalue weighted by Gasteiger charge is -2.32. The monoisotopic (exact) mass is 364 g/mol. The second-order valence-electron chi connectivity index (χ2n) is 6.99. The molecule has 0 radical (unpaired) electrons. The van der Waals surface area contributed by atoms with Crippen molar-refractivity contribution in [3.05, 3.63) is 59.6 Å². The number of carbonyl (C=O) groups is 1. The number of piperidine rings is 1. The number of hydrogen-bond donors (Lipinski definition) is 1. The minimum atomic E-state index is 0.0463. The Morgan fingerprint density at radius 1 is 1.37 bits per heavy atom. The molecule has 0 bridgehead atoms. The van der Waals surface area contributed by atoms with Crippen LogP contribution in [0.15, 0.2) is 36.8 Å². The highest BCUT2D eigenvalue weighted by molar-refractivity contribution is 5.95. The number of H-pyrrole nitrogens is 1. The van der Waals surface area contributed by atoms with Crippen LogP contribution in [-0.4, -0.2) is 48.6 Å². The third-order valence-corrected chi connectivity index (χ3v) is 5.22. The molecule has 7 heteroatoms. The maximum Gasteiger partial charge on any atom is 0.257 e. The normalized spacial score (nSPS) is 17.3. The fourth-order valence-corrected chi connectivity index (χ4v) is 3.75. The molecule has 140 valence electrons. The van der Waals surface area contributed by atoms with Crippen LogP contribution in [0.3, 0.4) is 0 Å². The van der Waals surface area contributed by atoms with Gasteiger partial charge in [-0.25, -0.2) is 9.97 Å². The molecule has 1 amide bonds. The van der Waals surface area contributed by atoms with Crippen molar-refractivity contribution in [3.8, 4) is 5.82 Å². The van der Waals surface area contributed by atoms with E-state index in [4.69, 9.17) is 4.98 Å². The van der Waals surface area contributed by atoms with Crippen LogP contribution >= 0.6 is 0 Å². The number of likely N-dealkylation sites (tertiary alicyclic amines) is 1. The summed E-state index contributed by atoms with van der Waals surface area (Å²) in [6, 6.07) is 6.11. The Hall–Kier alpha value is -2.96. The zero-order chi connectivity index (χ0) is 18.8. The van der Waals surface area contributed by atoms with Crippen LogP contribution in [0.1, 0.15) is 53.3 Å². The number of nitrogens with one attached hydrogen (secondary N) is 1. The van der Waals surface area contributed by atoms with E-state index in [2.05, 4.69) is 28.2 Å². The van der Waals surface area contributed by atoms with E-state index in [0.717, 1.165) is 48.8 Å². The molecule has 27 heavy (non-hydrogen) atoms. The van der Waals surface area contributed by atoms with Crippen LogP contribution in [0.4, 0.5) is 0 Å². The van der Waals surface area contributed by atoms with Crippen molar-refractivity contribution in [2.45, 2.75) is 39.0 Å². The summed E-state index contributed by atoms with van der Waals surface area (Å²) in [5.41, 5.74) is 2.50. The first kappa shape index (κ1) is 17.5. The van der Waals surface area contributed by atoms with E-state index < -0.39 is 0 Å². The second-order valence-corrected chi connectivity index (χ2v) is 6.99. The van der Waals surface area contributed by atoms with Gasteiger partial charge in [0.15, 0.2) is 0 Å². The third-order valence-electron chi connectivity index (χ3n) is 5.22. The van der Waals surface area contributed by atoms with Gasteiger partial charge in [0.1, 0.15) is 11.6 Å². The molecule has 0 aliphatic carbocycles. The highest BCUT2D eigenvalue weighted by Crippen LogP contribution is 2.27. The molecular weight excluding hydrogens is 340 g/mol. The van der Waals surface area contributed by atoms with Crippen molar-refractivity contribution >= 4 is 5.91 Å². The molecule has 3 aromatic rings. The van der Waals surface area contributed by atoms with Crippen LogP contribution in [0.25, 0.3) is 5.82 Å². The summed E-state index contributed by atoms with van der Waals surface area (Å²) in [7, 11) is 0. The molecule has 1 N–H and O–H groups in total. The predicted molar refractivity (Wildman–Crippen MR) is 102 cm³/mol. The van der Waals surface area contributed by atoms with E-state index in [1.807, 2.05) is 34.7 Å². The van der Waals surface area contributed by atoms with Gasteiger partial charge in [0.2, 0.25) is 0 Å². The topological polar surface area (TPSA) is 79.7 Å². The number of carbonyl (C=O) groups excluding carboxylic acids is 1. The van der Waals surface area contributed by atoms with Crippen molar-refractivity contribution in [2.75, 3.05) is 13.1 Å². The number of aromatic nitrogens is 5. The number of nitrogens with zero attached hydrogens (tertiary/aromatic N) is 5. The second kappa shape index (κ2) is 7.34. The van der Waals surface area contributed by atoms with Gasteiger partial charge in [-0.15, -0.1) is 0 Å². The zero-order valence-electron chi connectivity index (χ0n) is 15.7. The SMILES string of the molecule is CCc1nccn1-c1cccc([C@H]2CCCN(C(=O)c3cn[nH]c3C)C2)n1. The molecule has 1 aliphatic rings. The van der Waals surface area contributed by atoms with E-state index in [-0.39, 0.29) is 11.8 Å². The molecule has 1 saturated heterocycles. The molecule has 4 heterocycles. The lowest BCUT2D eigenvalue weighted by atomic mass is 9.93. The Morgan fingerprint density at radius 2 is 2.26 bits per heavy atom. The Morgan fingerprint density at radius 3 is 3.04 bits per heavy atom.